The Morgan fingerprint density at radius 1 is 1.25 bits per heavy atom. The Labute approximate surface area is 101 Å². The van der Waals surface area contributed by atoms with Gasteiger partial charge in [-0.05, 0) is 18.2 Å². The van der Waals surface area contributed by atoms with Crippen LogP contribution in [0.2, 0.25) is 10.0 Å². The fraction of sp³-hybridized carbons (Fsp3) is 0. The zero-order valence-corrected chi connectivity index (χ0v) is 9.37. The van der Waals surface area contributed by atoms with Gasteiger partial charge in [-0.3, -0.25) is 0 Å². The number of aromatic hydroxyl groups is 1. The van der Waals surface area contributed by atoms with E-state index in [2.05, 4.69) is 10.1 Å². The molecule has 1 aromatic carbocycles. The van der Waals surface area contributed by atoms with E-state index in [1.54, 1.807) is 12.1 Å². The van der Waals surface area contributed by atoms with Crippen molar-refractivity contribution in [2.45, 2.75) is 0 Å². The van der Waals surface area contributed by atoms with Crippen molar-refractivity contribution in [3.05, 3.63) is 33.9 Å². The molecule has 0 atom stereocenters. The Bertz CT molecular complexity index is 585. The molecule has 0 amide bonds. The summed E-state index contributed by atoms with van der Waals surface area (Å²) in [6.07, 6.45) is 1.15. The van der Waals surface area contributed by atoms with Gasteiger partial charge in [0.15, 0.2) is 5.75 Å². The molecule has 0 saturated carbocycles. The number of phenolic OH excluding ortho intramolecular Hbond substituents is 1. The minimum absolute atomic E-state index is 0.128. The van der Waals surface area contributed by atoms with Gasteiger partial charge < -0.3 is 10.3 Å². The maximum Gasteiger partial charge on any atom is 0.160 e. The van der Waals surface area contributed by atoms with Crippen LogP contribution in [0.5, 0.6) is 5.75 Å². The summed E-state index contributed by atoms with van der Waals surface area (Å²) < 4.78 is 0. The van der Waals surface area contributed by atoms with Crippen molar-refractivity contribution in [1.82, 2.24) is 4.98 Å². The number of hydrogen-bond donors (Lipinski definition) is 2. The first-order valence-corrected chi connectivity index (χ1v) is 5.04. The van der Waals surface area contributed by atoms with Crippen LogP contribution in [0.1, 0.15) is 5.69 Å². The van der Waals surface area contributed by atoms with Crippen LogP contribution >= 0.6 is 23.2 Å². The lowest BCUT2D eigenvalue weighted by atomic mass is 10.2. The van der Waals surface area contributed by atoms with Gasteiger partial charge in [-0.25, -0.2) is 4.98 Å². The standard InChI is InChI=1S/C10H6Cl2N2O2/c11-7-3-8(12)10(15)9-6(7)2-1-5(14-9)4-13-16/h1-4,15-16H. The number of phenols is 1. The van der Waals surface area contributed by atoms with Gasteiger partial charge in [0.2, 0.25) is 0 Å². The highest BCUT2D eigenvalue weighted by Gasteiger charge is 2.10. The molecule has 0 spiro atoms. The lowest BCUT2D eigenvalue weighted by Crippen LogP contribution is -1.89. The van der Waals surface area contributed by atoms with E-state index in [4.69, 9.17) is 28.4 Å². The van der Waals surface area contributed by atoms with Crippen LogP contribution < -0.4 is 0 Å². The number of nitrogens with zero attached hydrogens (tertiary/aromatic N) is 2. The number of hydrogen-bond acceptors (Lipinski definition) is 4. The van der Waals surface area contributed by atoms with E-state index >= 15 is 0 Å². The number of benzene rings is 1. The third-order valence-electron chi connectivity index (χ3n) is 2.07. The second-order valence-electron chi connectivity index (χ2n) is 3.07. The van der Waals surface area contributed by atoms with Crippen LogP contribution in [-0.4, -0.2) is 21.5 Å². The van der Waals surface area contributed by atoms with Crippen LogP contribution in [0.25, 0.3) is 10.9 Å². The molecule has 2 N–H and O–H groups in total. The van der Waals surface area contributed by atoms with Gasteiger partial charge in [0, 0.05) is 5.39 Å². The molecule has 2 aromatic rings. The molecule has 82 valence electrons. The molecule has 0 aliphatic rings. The Morgan fingerprint density at radius 3 is 2.69 bits per heavy atom. The summed E-state index contributed by atoms with van der Waals surface area (Å²) in [6.45, 7) is 0. The number of aromatic nitrogens is 1. The van der Waals surface area contributed by atoms with Crippen molar-refractivity contribution in [3.8, 4) is 5.75 Å². The third-order valence-corrected chi connectivity index (χ3v) is 2.67. The maximum atomic E-state index is 9.72. The predicted octanol–water partition coefficient (Wildman–Crippen LogP) is 3.06. The van der Waals surface area contributed by atoms with E-state index in [-0.39, 0.29) is 16.3 Å². The first kappa shape index (κ1) is 11.0. The molecular weight excluding hydrogens is 251 g/mol. The molecular formula is C10H6Cl2N2O2. The fourth-order valence-corrected chi connectivity index (χ4v) is 1.87. The lowest BCUT2D eigenvalue weighted by molar-refractivity contribution is 0.321. The van der Waals surface area contributed by atoms with Gasteiger partial charge in [0.1, 0.15) is 5.52 Å². The molecule has 0 aliphatic heterocycles. The smallest absolute Gasteiger partial charge is 0.160 e. The predicted molar refractivity (Wildman–Crippen MR) is 62.8 cm³/mol. The Morgan fingerprint density at radius 2 is 2.00 bits per heavy atom. The van der Waals surface area contributed by atoms with Crippen molar-refractivity contribution < 1.29 is 10.3 Å². The van der Waals surface area contributed by atoms with Gasteiger partial charge in [-0.2, -0.15) is 0 Å². The van der Waals surface area contributed by atoms with Crippen LogP contribution in [0.3, 0.4) is 0 Å². The van der Waals surface area contributed by atoms with Crippen LogP contribution in [0, 0.1) is 0 Å². The molecule has 0 bridgehead atoms. The van der Waals surface area contributed by atoms with Crippen LogP contribution in [0.4, 0.5) is 0 Å². The number of pyridine rings is 1. The highest BCUT2D eigenvalue weighted by Crippen LogP contribution is 2.35. The van der Waals surface area contributed by atoms with Crippen molar-refractivity contribution in [1.29, 1.82) is 0 Å². The zero-order chi connectivity index (χ0) is 11.7. The summed E-state index contributed by atoms with van der Waals surface area (Å²) in [5, 5.41) is 22.1. The summed E-state index contributed by atoms with van der Waals surface area (Å²) in [5.74, 6) is -0.144. The monoisotopic (exact) mass is 256 g/mol. The highest BCUT2D eigenvalue weighted by atomic mass is 35.5. The van der Waals surface area contributed by atoms with Crippen LogP contribution in [-0.2, 0) is 0 Å². The maximum absolute atomic E-state index is 9.72. The first-order chi connectivity index (χ1) is 7.63. The summed E-state index contributed by atoms with van der Waals surface area (Å²) in [4.78, 5) is 4.06. The Hall–Kier alpha value is -1.52. The van der Waals surface area contributed by atoms with Crippen molar-refractivity contribution in [2.75, 3.05) is 0 Å². The first-order valence-electron chi connectivity index (χ1n) is 4.28. The average Bonchev–Trinajstić information content (AvgIpc) is 2.26. The minimum atomic E-state index is -0.144. The van der Waals surface area contributed by atoms with Crippen LogP contribution in [0.15, 0.2) is 23.4 Å². The second kappa shape index (κ2) is 4.15. The normalized spacial score (nSPS) is 11.4. The molecule has 0 unspecified atom stereocenters. The molecule has 0 saturated heterocycles. The second-order valence-corrected chi connectivity index (χ2v) is 3.88. The van der Waals surface area contributed by atoms with Crippen molar-refractivity contribution in [3.63, 3.8) is 0 Å². The quantitative estimate of drug-likeness (QED) is 0.468. The van der Waals surface area contributed by atoms with Crippen molar-refractivity contribution in [2.24, 2.45) is 5.16 Å². The van der Waals surface area contributed by atoms with E-state index in [9.17, 15) is 5.11 Å². The molecule has 0 aliphatic carbocycles. The van der Waals surface area contributed by atoms with E-state index < -0.39 is 0 Å². The SMILES string of the molecule is ON=Cc1ccc2c(Cl)cc(Cl)c(O)c2n1. The van der Waals surface area contributed by atoms with E-state index in [1.807, 2.05) is 0 Å². The lowest BCUT2D eigenvalue weighted by Gasteiger charge is -2.05. The summed E-state index contributed by atoms with van der Waals surface area (Å²) >= 11 is 11.7. The average molecular weight is 257 g/mol. The van der Waals surface area contributed by atoms with Gasteiger partial charge in [-0.1, -0.05) is 28.4 Å². The van der Waals surface area contributed by atoms with E-state index in [0.717, 1.165) is 6.21 Å². The summed E-state index contributed by atoms with van der Waals surface area (Å²) in [6, 6.07) is 4.72. The Balaban J connectivity index is 2.81. The molecule has 1 aromatic heterocycles. The van der Waals surface area contributed by atoms with Crippen molar-refractivity contribution >= 4 is 40.3 Å². The van der Waals surface area contributed by atoms with Gasteiger partial charge in [-0.15, -0.1) is 0 Å². The van der Waals surface area contributed by atoms with Gasteiger partial charge in [0.05, 0.1) is 22.0 Å². The number of rotatable bonds is 1. The minimum Gasteiger partial charge on any atom is -0.504 e. The van der Waals surface area contributed by atoms with Gasteiger partial charge in [0.25, 0.3) is 0 Å². The molecule has 0 radical (unpaired) electrons. The molecule has 1 heterocycles. The number of halogens is 2. The molecule has 16 heavy (non-hydrogen) atoms. The fourth-order valence-electron chi connectivity index (χ4n) is 1.35. The van der Waals surface area contributed by atoms with E-state index in [0.29, 0.717) is 16.1 Å². The molecule has 0 fully saturated rings. The summed E-state index contributed by atoms with van der Waals surface area (Å²) in [7, 11) is 0. The van der Waals surface area contributed by atoms with Gasteiger partial charge >= 0.3 is 0 Å². The number of oxime groups is 1. The highest BCUT2D eigenvalue weighted by molar-refractivity contribution is 6.39. The topological polar surface area (TPSA) is 65.7 Å². The largest absolute Gasteiger partial charge is 0.504 e. The Kier molecular flexibility index (Phi) is 2.85. The van der Waals surface area contributed by atoms with E-state index in [1.165, 1.54) is 6.07 Å². The zero-order valence-electron chi connectivity index (χ0n) is 7.85. The summed E-state index contributed by atoms with van der Waals surface area (Å²) in [5.41, 5.74) is 0.665. The molecule has 4 nitrogen and oxygen atoms in total. The third kappa shape index (κ3) is 1.77. The molecule has 2 rings (SSSR count). The molecule has 6 heteroatoms. The number of fused-ring (bicyclic) bond motifs is 1.